The molecule has 0 aromatic heterocycles. The molecular weight excluding hydrogens is 332 g/mol. The largest absolute Gasteiger partial charge is 0.455 e. The summed E-state index contributed by atoms with van der Waals surface area (Å²) in [6.07, 6.45) is 13.6. The van der Waals surface area contributed by atoms with Crippen molar-refractivity contribution in [3.63, 3.8) is 0 Å². The molecule has 1 aliphatic rings. The van der Waals surface area contributed by atoms with Gasteiger partial charge in [-0.25, -0.2) is 0 Å². The lowest BCUT2D eigenvalue weighted by molar-refractivity contribution is -0.00538. The van der Waals surface area contributed by atoms with E-state index in [9.17, 15) is 0 Å². The molecule has 0 N–H and O–H groups in total. The predicted molar refractivity (Wildman–Crippen MR) is 113 cm³/mol. The molecule has 0 atom stereocenters. The quantitative estimate of drug-likeness (QED) is 0.411. The van der Waals surface area contributed by atoms with Crippen molar-refractivity contribution in [2.45, 2.75) is 83.8 Å². The van der Waals surface area contributed by atoms with Crippen molar-refractivity contribution < 1.29 is 9.47 Å². The summed E-state index contributed by atoms with van der Waals surface area (Å²) in [5.74, 6) is 1.93. The number of ether oxygens (including phenoxy) is 2. The predicted octanol–water partition coefficient (Wildman–Crippen LogP) is 7.30. The van der Waals surface area contributed by atoms with Crippen molar-refractivity contribution in [1.82, 2.24) is 0 Å². The number of rotatable bonds is 10. The average molecular weight is 367 g/mol. The van der Waals surface area contributed by atoms with Gasteiger partial charge in [0, 0.05) is 12.8 Å². The molecule has 0 amide bonds. The standard InChI is InChI=1S/C25H34O2/c1-2-3-4-5-6-7-8-9-10-19-25-26-23-17-13-11-15-21(23)20-22-16-12-14-18-24(22)27-25/h11-18,25H,2-10,19-20H2,1H3. The Morgan fingerprint density at radius 1 is 0.667 bits per heavy atom. The van der Waals surface area contributed by atoms with Gasteiger partial charge in [0.15, 0.2) is 0 Å². The Kier molecular flexibility index (Phi) is 8.07. The normalized spacial score (nSPS) is 13.7. The number of para-hydroxylation sites is 2. The van der Waals surface area contributed by atoms with E-state index in [1.54, 1.807) is 0 Å². The molecule has 146 valence electrons. The van der Waals surface area contributed by atoms with Crippen LogP contribution in [0.25, 0.3) is 0 Å². The van der Waals surface area contributed by atoms with Gasteiger partial charge >= 0.3 is 0 Å². The monoisotopic (exact) mass is 366 g/mol. The first-order valence-electron chi connectivity index (χ1n) is 10.9. The van der Waals surface area contributed by atoms with Crippen LogP contribution in [0.4, 0.5) is 0 Å². The molecule has 2 heteroatoms. The molecule has 1 aliphatic heterocycles. The highest BCUT2D eigenvalue weighted by atomic mass is 16.7. The second-order valence-electron chi connectivity index (χ2n) is 7.67. The molecule has 3 rings (SSSR count). The van der Waals surface area contributed by atoms with Crippen LogP contribution in [0.5, 0.6) is 11.5 Å². The zero-order chi connectivity index (χ0) is 18.7. The third-order valence-electron chi connectivity index (χ3n) is 5.39. The number of hydrogen-bond acceptors (Lipinski definition) is 2. The minimum absolute atomic E-state index is 0.197. The van der Waals surface area contributed by atoms with E-state index in [4.69, 9.17) is 9.47 Å². The van der Waals surface area contributed by atoms with Gasteiger partial charge in [-0.1, -0.05) is 94.7 Å². The molecule has 2 aromatic carbocycles. The van der Waals surface area contributed by atoms with Crippen LogP contribution in [0.1, 0.15) is 82.3 Å². The van der Waals surface area contributed by atoms with Crippen LogP contribution in [0.2, 0.25) is 0 Å². The highest BCUT2D eigenvalue weighted by Crippen LogP contribution is 2.31. The Morgan fingerprint density at radius 3 is 1.70 bits per heavy atom. The van der Waals surface area contributed by atoms with Gasteiger partial charge in [-0.05, 0) is 29.7 Å². The van der Waals surface area contributed by atoms with Crippen LogP contribution >= 0.6 is 0 Å². The zero-order valence-electron chi connectivity index (χ0n) is 16.8. The maximum atomic E-state index is 6.24. The SMILES string of the molecule is CCCCCCCCCCCC1Oc2ccccc2Cc2ccccc2O1. The van der Waals surface area contributed by atoms with Crippen molar-refractivity contribution in [3.05, 3.63) is 59.7 Å². The summed E-state index contributed by atoms with van der Waals surface area (Å²) in [5.41, 5.74) is 2.48. The van der Waals surface area contributed by atoms with Gasteiger partial charge in [-0.3, -0.25) is 0 Å². The Hall–Kier alpha value is -1.96. The Morgan fingerprint density at radius 2 is 1.15 bits per heavy atom. The third-order valence-corrected chi connectivity index (χ3v) is 5.39. The molecule has 0 aliphatic carbocycles. The highest BCUT2D eigenvalue weighted by Gasteiger charge is 2.20. The fourth-order valence-corrected chi connectivity index (χ4v) is 3.78. The van der Waals surface area contributed by atoms with E-state index in [0.717, 1.165) is 30.8 Å². The molecule has 0 fully saturated rings. The molecule has 0 saturated heterocycles. The number of benzene rings is 2. The lowest BCUT2D eigenvalue weighted by Crippen LogP contribution is -2.26. The van der Waals surface area contributed by atoms with Gasteiger partial charge in [0.25, 0.3) is 0 Å². The Labute approximate surface area is 164 Å². The minimum Gasteiger partial charge on any atom is -0.455 e. The number of fused-ring (bicyclic) bond motifs is 2. The summed E-state index contributed by atoms with van der Waals surface area (Å²) in [5, 5.41) is 0. The first-order valence-corrected chi connectivity index (χ1v) is 10.9. The molecule has 0 radical (unpaired) electrons. The molecule has 0 saturated carbocycles. The van der Waals surface area contributed by atoms with Gasteiger partial charge in [0.1, 0.15) is 11.5 Å². The smallest absolute Gasteiger partial charge is 0.241 e. The average Bonchev–Trinajstić information content (AvgIpc) is 2.67. The van der Waals surface area contributed by atoms with Crippen LogP contribution in [-0.4, -0.2) is 6.29 Å². The van der Waals surface area contributed by atoms with Crippen LogP contribution in [0.3, 0.4) is 0 Å². The van der Waals surface area contributed by atoms with Gasteiger partial charge in [0.05, 0.1) is 0 Å². The summed E-state index contributed by atoms with van der Waals surface area (Å²) < 4.78 is 12.5. The molecular formula is C25H34O2. The van der Waals surface area contributed by atoms with Crippen LogP contribution in [0, 0.1) is 0 Å². The second kappa shape index (κ2) is 11.0. The Bertz CT molecular complexity index is 632. The molecule has 2 aromatic rings. The van der Waals surface area contributed by atoms with Gasteiger partial charge in [-0.15, -0.1) is 0 Å². The first-order chi connectivity index (χ1) is 13.4. The highest BCUT2D eigenvalue weighted by molar-refractivity contribution is 5.43. The van der Waals surface area contributed by atoms with Crippen molar-refractivity contribution in [1.29, 1.82) is 0 Å². The summed E-state index contributed by atoms with van der Waals surface area (Å²) in [4.78, 5) is 0. The van der Waals surface area contributed by atoms with Gasteiger partial charge < -0.3 is 9.47 Å². The third kappa shape index (κ3) is 6.30. The molecule has 1 heterocycles. The maximum absolute atomic E-state index is 6.24. The lowest BCUT2D eigenvalue weighted by atomic mass is 10.0. The minimum atomic E-state index is -0.197. The summed E-state index contributed by atoms with van der Waals surface area (Å²) >= 11 is 0. The summed E-state index contributed by atoms with van der Waals surface area (Å²) in [6, 6.07) is 16.7. The van der Waals surface area contributed by atoms with Crippen molar-refractivity contribution in [2.24, 2.45) is 0 Å². The van der Waals surface area contributed by atoms with Crippen molar-refractivity contribution >= 4 is 0 Å². The van der Waals surface area contributed by atoms with Crippen LogP contribution < -0.4 is 9.47 Å². The van der Waals surface area contributed by atoms with Crippen molar-refractivity contribution in [2.75, 3.05) is 0 Å². The van der Waals surface area contributed by atoms with E-state index >= 15 is 0 Å². The fraction of sp³-hybridized carbons (Fsp3) is 0.520. The molecule has 0 bridgehead atoms. The van der Waals surface area contributed by atoms with Gasteiger partial charge in [0.2, 0.25) is 6.29 Å². The zero-order valence-corrected chi connectivity index (χ0v) is 16.8. The molecule has 27 heavy (non-hydrogen) atoms. The number of unbranched alkanes of at least 4 members (excludes halogenated alkanes) is 8. The van der Waals surface area contributed by atoms with E-state index in [0.29, 0.717) is 0 Å². The van der Waals surface area contributed by atoms with E-state index in [-0.39, 0.29) is 6.29 Å². The fourth-order valence-electron chi connectivity index (χ4n) is 3.78. The lowest BCUT2D eigenvalue weighted by Gasteiger charge is -2.26. The summed E-state index contributed by atoms with van der Waals surface area (Å²) in [6.45, 7) is 2.27. The van der Waals surface area contributed by atoms with E-state index in [1.165, 1.54) is 62.5 Å². The van der Waals surface area contributed by atoms with E-state index in [1.807, 2.05) is 12.1 Å². The molecule has 0 unspecified atom stereocenters. The van der Waals surface area contributed by atoms with Crippen LogP contribution in [0.15, 0.2) is 48.5 Å². The van der Waals surface area contributed by atoms with Crippen molar-refractivity contribution in [3.8, 4) is 11.5 Å². The number of hydrogen-bond donors (Lipinski definition) is 0. The molecule has 0 spiro atoms. The van der Waals surface area contributed by atoms with E-state index < -0.39 is 0 Å². The maximum Gasteiger partial charge on any atom is 0.241 e. The van der Waals surface area contributed by atoms with E-state index in [2.05, 4.69) is 43.3 Å². The second-order valence-corrected chi connectivity index (χ2v) is 7.67. The Balaban J connectivity index is 1.49. The topological polar surface area (TPSA) is 18.5 Å². The molecule has 2 nitrogen and oxygen atoms in total. The summed E-state index contributed by atoms with van der Waals surface area (Å²) in [7, 11) is 0. The first kappa shape index (κ1) is 19.8. The van der Waals surface area contributed by atoms with Gasteiger partial charge in [-0.2, -0.15) is 0 Å². The van der Waals surface area contributed by atoms with Crippen LogP contribution in [-0.2, 0) is 6.42 Å².